The third-order valence-corrected chi connectivity index (χ3v) is 2.42. The van der Waals surface area contributed by atoms with Gasteiger partial charge in [0.2, 0.25) is 5.91 Å². The molecule has 6 nitrogen and oxygen atoms in total. The number of ether oxygens (including phenoxy) is 2. The van der Waals surface area contributed by atoms with Crippen molar-refractivity contribution in [2.24, 2.45) is 5.92 Å². The molecule has 18 heavy (non-hydrogen) atoms. The number of nitrogens with one attached hydrogen (secondary N) is 2. The maximum atomic E-state index is 11.6. The summed E-state index contributed by atoms with van der Waals surface area (Å²) in [5.41, 5.74) is 0. The number of carbonyl (C=O) groups excluding carboxylic acids is 2. The number of rotatable bonds is 9. The van der Waals surface area contributed by atoms with Crippen molar-refractivity contribution in [1.82, 2.24) is 10.6 Å². The Morgan fingerprint density at radius 2 is 1.94 bits per heavy atom. The standard InChI is InChI=1S/C12H24N2O4/c1-5-18-12(16)9(2)8-14-10(3)11(15)13-6-7-17-4/h9-10,14H,5-8H2,1-4H3,(H,13,15). The number of amides is 1. The molecule has 0 fully saturated rings. The van der Waals surface area contributed by atoms with E-state index in [4.69, 9.17) is 9.47 Å². The minimum absolute atomic E-state index is 0.108. The van der Waals surface area contributed by atoms with Crippen molar-refractivity contribution >= 4 is 11.9 Å². The van der Waals surface area contributed by atoms with Gasteiger partial charge in [0.15, 0.2) is 0 Å². The molecule has 2 unspecified atom stereocenters. The Morgan fingerprint density at radius 1 is 1.28 bits per heavy atom. The van der Waals surface area contributed by atoms with Gasteiger partial charge in [-0.25, -0.2) is 0 Å². The Bertz CT molecular complexity index is 258. The lowest BCUT2D eigenvalue weighted by Crippen LogP contribution is -2.45. The normalized spacial score (nSPS) is 13.8. The van der Waals surface area contributed by atoms with Crippen LogP contribution in [0.2, 0.25) is 0 Å². The molecule has 0 saturated carbocycles. The van der Waals surface area contributed by atoms with Crippen LogP contribution in [0.4, 0.5) is 0 Å². The molecule has 0 saturated heterocycles. The number of carbonyl (C=O) groups is 2. The molecule has 1 amide bonds. The number of esters is 1. The fourth-order valence-corrected chi connectivity index (χ4v) is 1.24. The molecule has 0 spiro atoms. The second-order valence-corrected chi connectivity index (χ2v) is 4.07. The third kappa shape index (κ3) is 7.24. The monoisotopic (exact) mass is 260 g/mol. The molecule has 0 aliphatic carbocycles. The van der Waals surface area contributed by atoms with Crippen LogP contribution < -0.4 is 10.6 Å². The predicted octanol–water partition coefficient (Wildman–Crippen LogP) is -0.0737. The minimum atomic E-state index is -0.348. The van der Waals surface area contributed by atoms with Crippen LogP contribution in [-0.2, 0) is 19.1 Å². The van der Waals surface area contributed by atoms with Gasteiger partial charge in [-0.15, -0.1) is 0 Å². The lowest BCUT2D eigenvalue weighted by Gasteiger charge is -2.16. The van der Waals surface area contributed by atoms with E-state index < -0.39 is 0 Å². The van der Waals surface area contributed by atoms with Crippen molar-refractivity contribution in [2.75, 3.05) is 33.4 Å². The molecule has 106 valence electrons. The van der Waals surface area contributed by atoms with Crippen LogP contribution in [0.15, 0.2) is 0 Å². The average Bonchev–Trinajstić information content (AvgIpc) is 2.35. The highest BCUT2D eigenvalue weighted by Crippen LogP contribution is 1.97. The van der Waals surface area contributed by atoms with Gasteiger partial charge in [-0.1, -0.05) is 6.92 Å². The van der Waals surface area contributed by atoms with E-state index in [-0.39, 0.29) is 23.8 Å². The van der Waals surface area contributed by atoms with E-state index >= 15 is 0 Å². The maximum Gasteiger partial charge on any atom is 0.309 e. The van der Waals surface area contributed by atoms with E-state index in [1.54, 1.807) is 27.9 Å². The summed E-state index contributed by atoms with van der Waals surface area (Å²) in [5, 5.41) is 5.71. The Hall–Kier alpha value is -1.14. The van der Waals surface area contributed by atoms with Gasteiger partial charge in [0, 0.05) is 20.2 Å². The van der Waals surface area contributed by atoms with Gasteiger partial charge in [-0.3, -0.25) is 9.59 Å². The second-order valence-electron chi connectivity index (χ2n) is 4.07. The van der Waals surface area contributed by atoms with Crippen LogP contribution in [0.1, 0.15) is 20.8 Å². The maximum absolute atomic E-state index is 11.6. The lowest BCUT2D eigenvalue weighted by atomic mass is 10.1. The summed E-state index contributed by atoms with van der Waals surface area (Å²) >= 11 is 0. The van der Waals surface area contributed by atoms with Crippen molar-refractivity contribution in [3.63, 3.8) is 0 Å². The first kappa shape index (κ1) is 16.9. The molecule has 0 aromatic carbocycles. The second kappa shape index (κ2) is 9.85. The van der Waals surface area contributed by atoms with Gasteiger partial charge in [-0.2, -0.15) is 0 Å². The van der Waals surface area contributed by atoms with E-state index in [2.05, 4.69) is 10.6 Å². The third-order valence-electron chi connectivity index (χ3n) is 2.42. The molecule has 0 heterocycles. The molecule has 6 heteroatoms. The first-order valence-corrected chi connectivity index (χ1v) is 6.19. The molecule has 0 bridgehead atoms. The molecule has 0 radical (unpaired) electrons. The summed E-state index contributed by atoms with van der Waals surface area (Å²) in [7, 11) is 1.58. The molecule has 2 atom stereocenters. The summed E-state index contributed by atoms with van der Waals surface area (Å²) in [4.78, 5) is 22.9. The van der Waals surface area contributed by atoms with Gasteiger partial charge in [0.1, 0.15) is 0 Å². The Kier molecular flexibility index (Phi) is 9.22. The highest BCUT2D eigenvalue weighted by Gasteiger charge is 2.17. The van der Waals surface area contributed by atoms with Crippen LogP contribution >= 0.6 is 0 Å². The smallest absolute Gasteiger partial charge is 0.309 e. The average molecular weight is 260 g/mol. The predicted molar refractivity (Wildman–Crippen MR) is 68.1 cm³/mol. The summed E-state index contributed by atoms with van der Waals surface area (Å²) in [6.07, 6.45) is 0. The number of hydrogen-bond acceptors (Lipinski definition) is 5. The first-order valence-electron chi connectivity index (χ1n) is 6.19. The zero-order valence-electron chi connectivity index (χ0n) is 11.6. The van der Waals surface area contributed by atoms with Gasteiger partial charge >= 0.3 is 5.97 Å². The van der Waals surface area contributed by atoms with Crippen molar-refractivity contribution in [2.45, 2.75) is 26.8 Å². The Morgan fingerprint density at radius 3 is 2.50 bits per heavy atom. The molecule has 0 aliphatic rings. The van der Waals surface area contributed by atoms with Crippen LogP contribution in [0, 0.1) is 5.92 Å². The summed E-state index contributed by atoms with van der Waals surface area (Å²) in [5.74, 6) is -0.626. The van der Waals surface area contributed by atoms with Crippen molar-refractivity contribution in [3.8, 4) is 0 Å². The zero-order valence-corrected chi connectivity index (χ0v) is 11.6. The van der Waals surface area contributed by atoms with E-state index in [9.17, 15) is 9.59 Å². The van der Waals surface area contributed by atoms with Crippen molar-refractivity contribution in [1.29, 1.82) is 0 Å². The van der Waals surface area contributed by atoms with Gasteiger partial charge in [0.05, 0.1) is 25.2 Å². The number of methoxy groups -OCH3 is 1. The van der Waals surface area contributed by atoms with Crippen LogP contribution in [0.5, 0.6) is 0 Å². The van der Waals surface area contributed by atoms with Gasteiger partial charge in [-0.05, 0) is 13.8 Å². The largest absolute Gasteiger partial charge is 0.466 e. The SMILES string of the molecule is CCOC(=O)C(C)CNC(C)C(=O)NCCOC. The van der Waals surface area contributed by atoms with Crippen LogP contribution in [-0.4, -0.2) is 51.3 Å². The first-order chi connectivity index (χ1) is 8.52. The zero-order chi connectivity index (χ0) is 14.0. The quantitative estimate of drug-likeness (QED) is 0.448. The van der Waals surface area contributed by atoms with Crippen molar-refractivity contribution < 1.29 is 19.1 Å². The fraction of sp³-hybridized carbons (Fsp3) is 0.833. The van der Waals surface area contributed by atoms with E-state index in [0.29, 0.717) is 26.3 Å². The summed E-state index contributed by atoms with van der Waals surface area (Å²) in [6, 6.07) is -0.348. The van der Waals surface area contributed by atoms with Gasteiger partial charge in [0.25, 0.3) is 0 Å². The van der Waals surface area contributed by atoms with Crippen molar-refractivity contribution in [3.05, 3.63) is 0 Å². The lowest BCUT2D eigenvalue weighted by molar-refractivity contribution is -0.147. The van der Waals surface area contributed by atoms with Crippen LogP contribution in [0.3, 0.4) is 0 Å². The minimum Gasteiger partial charge on any atom is -0.466 e. The van der Waals surface area contributed by atoms with E-state index in [1.165, 1.54) is 0 Å². The molecule has 0 aromatic rings. The number of hydrogen-bond donors (Lipinski definition) is 2. The summed E-state index contributed by atoms with van der Waals surface area (Å²) in [6.45, 7) is 7.03. The highest BCUT2D eigenvalue weighted by molar-refractivity contribution is 5.81. The molecule has 0 aromatic heterocycles. The molecule has 2 N–H and O–H groups in total. The van der Waals surface area contributed by atoms with Gasteiger partial charge < -0.3 is 20.1 Å². The molecular formula is C12H24N2O4. The molecular weight excluding hydrogens is 236 g/mol. The molecule has 0 aliphatic heterocycles. The highest BCUT2D eigenvalue weighted by atomic mass is 16.5. The Labute approximate surface area is 108 Å². The summed E-state index contributed by atoms with van der Waals surface area (Å²) < 4.78 is 9.71. The van der Waals surface area contributed by atoms with E-state index in [0.717, 1.165) is 0 Å². The Balaban J connectivity index is 3.83. The van der Waals surface area contributed by atoms with Crippen LogP contribution in [0.25, 0.3) is 0 Å². The van der Waals surface area contributed by atoms with E-state index in [1.807, 2.05) is 0 Å². The molecule has 0 rings (SSSR count). The fourth-order valence-electron chi connectivity index (χ4n) is 1.24. The topological polar surface area (TPSA) is 76.7 Å².